The molecule has 2 N–H and O–H groups in total. The third-order valence-corrected chi connectivity index (χ3v) is 3.17. The maximum atomic E-state index is 8.96. The largest absolute Gasteiger partial charge is 0.394 e. The fraction of sp³-hybridized carbons (Fsp3) is 0.727. The number of nitrogens with one attached hydrogen (secondary N) is 1. The number of aliphatic hydroxyl groups excluding tert-OH is 1. The molecule has 0 radical (unpaired) electrons. The smallest absolute Gasteiger partial charge is 0.0644 e. The van der Waals surface area contributed by atoms with Crippen LogP contribution in [0, 0.1) is 0 Å². The lowest BCUT2D eigenvalue weighted by molar-refractivity contribution is 0.267. The number of hydrogen-bond donors (Lipinski definition) is 2. The van der Waals surface area contributed by atoms with Crippen molar-refractivity contribution >= 4 is 0 Å². The van der Waals surface area contributed by atoms with Crippen molar-refractivity contribution in [1.29, 1.82) is 0 Å². The molecule has 1 aromatic heterocycles. The average molecular weight is 209 g/mol. The van der Waals surface area contributed by atoms with Crippen molar-refractivity contribution in [2.45, 2.75) is 38.3 Å². The summed E-state index contributed by atoms with van der Waals surface area (Å²) in [6, 6.07) is 0.440. The van der Waals surface area contributed by atoms with Gasteiger partial charge >= 0.3 is 0 Å². The molecule has 4 heteroatoms. The Bertz CT molecular complexity index is 322. The molecule has 0 fully saturated rings. The zero-order valence-corrected chi connectivity index (χ0v) is 9.24. The van der Waals surface area contributed by atoms with Crippen LogP contribution in [0.25, 0.3) is 0 Å². The predicted octanol–water partition coefficient (Wildman–Crippen LogP) is 0.862. The lowest BCUT2D eigenvalue weighted by Crippen LogP contribution is -2.16. The maximum Gasteiger partial charge on any atom is 0.0644 e. The second-order valence-electron chi connectivity index (χ2n) is 4.08. The van der Waals surface area contributed by atoms with Crippen LogP contribution in [0.2, 0.25) is 0 Å². The number of nitrogens with zero attached hydrogens (tertiary/aromatic N) is 2. The number of aliphatic hydroxyl groups is 1. The second kappa shape index (κ2) is 4.77. The van der Waals surface area contributed by atoms with Crippen molar-refractivity contribution in [3.05, 3.63) is 17.5 Å². The molecule has 1 aromatic rings. The highest BCUT2D eigenvalue weighted by Crippen LogP contribution is 2.27. The van der Waals surface area contributed by atoms with Gasteiger partial charge in [0.2, 0.25) is 0 Å². The molecule has 0 saturated carbocycles. The minimum absolute atomic E-state index is 0.165. The van der Waals surface area contributed by atoms with E-state index in [4.69, 9.17) is 5.11 Å². The topological polar surface area (TPSA) is 50.1 Å². The molecule has 0 aliphatic heterocycles. The quantitative estimate of drug-likeness (QED) is 0.726. The van der Waals surface area contributed by atoms with E-state index in [1.807, 2.05) is 17.9 Å². The molecule has 84 valence electrons. The van der Waals surface area contributed by atoms with Gasteiger partial charge in [-0.15, -0.1) is 0 Å². The van der Waals surface area contributed by atoms with Crippen LogP contribution in [0.15, 0.2) is 6.20 Å². The monoisotopic (exact) mass is 209 g/mol. The summed E-state index contributed by atoms with van der Waals surface area (Å²) in [6.45, 7) is 0.782. The van der Waals surface area contributed by atoms with Crippen molar-refractivity contribution in [3.63, 3.8) is 0 Å². The van der Waals surface area contributed by atoms with Crippen LogP contribution in [0.3, 0.4) is 0 Å². The first-order valence-electron chi connectivity index (χ1n) is 5.69. The van der Waals surface area contributed by atoms with Gasteiger partial charge in [0.1, 0.15) is 0 Å². The highest BCUT2D eigenvalue weighted by atomic mass is 16.3. The number of rotatable bonds is 3. The standard InChI is InChI=1S/C11H19N3O/c1-12-10-4-2-3-5-11-9(10)8-13-14(11)6-7-15/h8,10,12,15H,2-7H2,1H3. The summed E-state index contributed by atoms with van der Waals surface area (Å²) < 4.78 is 1.95. The molecular weight excluding hydrogens is 190 g/mol. The predicted molar refractivity (Wildman–Crippen MR) is 58.7 cm³/mol. The number of fused-ring (bicyclic) bond motifs is 1. The van der Waals surface area contributed by atoms with Crippen LogP contribution in [-0.2, 0) is 13.0 Å². The van der Waals surface area contributed by atoms with Gasteiger partial charge < -0.3 is 10.4 Å². The fourth-order valence-electron chi connectivity index (χ4n) is 2.37. The molecule has 1 aliphatic rings. The van der Waals surface area contributed by atoms with Crippen molar-refractivity contribution in [1.82, 2.24) is 15.1 Å². The first kappa shape index (κ1) is 10.6. The van der Waals surface area contributed by atoms with Crippen molar-refractivity contribution in [2.75, 3.05) is 13.7 Å². The fourth-order valence-corrected chi connectivity index (χ4v) is 2.37. The second-order valence-corrected chi connectivity index (χ2v) is 4.08. The Morgan fingerprint density at radius 1 is 1.60 bits per heavy atom. The van der Waals surface area contributed by atoms with Crippen molar-refractivity contribution in [2.24, 2.45) is 0 Å². The van der Waals surface area contributed by atoms with Gasteiger partial charge in [-0.25, -0.2) is 0 Å². The Morgan fingerprint density at radius 2 is 2.47 bits per heavy atom. The first-order chi connectivity index (χ1) is 7.36. The van der Waals surface area contributed by atoms with Gasteiger partial charge in [-0.2, -0.15) is 5.10 Å². The van der Waals surface area contributed by atoms with Crippen molar-refractivity contribution in [3.8, 4) is 0 Å². The molecular formula is C11H19N3O. The third kappa shape index (κ3) is 2.06. The van der Waals surface area contributed by atoms with E-state index in [9.17, 15) is 0 Å². The molecule has 1 heterocycles. The van der Waals surface area contributed by atoms with E-state index in [1.165, 1.54) is 30.5 Å². The summed E-state index contributed by atoms with van der Waals surface area (Å²) in [4.78, 5) is 0. The number of hydrogen-bond acceptors (Lipinski definition) is 3. The van der Waals surface area contributed by atoms with Crippen LogP contribution in [0.4, 0.5) is 0 Å². The Hall–Kier alpha value is -0.870. The molecule has 1 unspecified atom stereocenters. The first-order valence-corrected chi connectivity index (χ1v) is 5.69. The van der Waals surface area contributed by atoms with Crippen LogP contribution >= 0.6 is 0 Å². The molecule has 0 spiro atoms. The van der Waals surface area contributed by atoms with Crippen LogP contribution in [-0.4, -0.2) is 28.5 Å². The normalized spacial score (nSPS) is 21.1. The molecule has 15 heavy (non-hydrogen) atoms. The zero-order valence-electron chi connectivity index (χ0n) is 9.24. The summed E-state index contributed by atoms with van der Waals surface area (Å²) in [5.41, 5.74) is 2.63. The third-order valence-electron chi connectivity index (χ3n) is 3.17. The van der Waals surface area contributed by atoms with Crippen LogP contribution < -0.4 is 5.32 Å². The lowest BCUT2D eigenvalue weighted by atomic mass is 10.1. The molecule has 1 atom stereocenters. The van der Waals surface area contributed by atoms with Crippen molar-refractivity contribution < 1.29 is 5.11 Å². The minimum Gasteiger partial charge on any atom is -0.394 e. The highest BCUT2D eigenvalue weighted by molar-refractivity contribution is 5.23. The molecule has 0 bridgehead atoms. The summed E-state index contributed by atoms with van der Waals surface area (Å²) in [6.07, 6.45) is 6.72. The Balaban J connectivity index is 2.29. The average Bonchev–Trinajstić information content (AvgIpc) is 2.53. The molecule has 2 rings (SSSR count). The Morgan fingerprint density at radius 3 is 3.20 bits per heavy atom. The molecule has 0 saturated heterocycles. The lowest BCUT2D eigenvalue weighted by Gasteiger charge is -2.13. The molecule has 1 aliphatic carbocycles. The maximum absolute atomic E-state index is 8.96. The van der Waals surface area contributed by atoms with E-state index >= 15 is 0 Å². The van der Waals surface area contributed by atoms with Gasteiger partial charge in [0, 0.05) is 17.3 Å². The van der Waals surface area contributed by atoms with Gasteiger partial charge in [-0.05, 0) is 26.3 Å². The van der Waals surface area contributed by atoms with Gasteiger partial charge in [-0.1, -0.05) is 6.42 Å². The van der Waals surface area contributed by atoms with E-state index in [-0.39, 0.29) is 6.61 Å². The van der Waals surface area contributed by atoms with E-state index in [0.29, 0.717) is 12.6 Å². The van der Waals surface area contributed by atoms with Crippen LogP contribution in [0.1, 0.15) is 36.6 Å². The molecule has 0 aromatic carbocycles. The van der Waals surface area contributed by atoms with Gasteiger partial charge in [-0.3, -0.25) is 4.68 Å². The minimum atomic E-state index is 0.165. The molecule has 4 nitrogen and oxygen atoms in total. The van der Waals surface area contributed by atoms with E-state index in [0.717, 1.165) is 6.42 Å². The van der Waals surface area contributed by atoms with Gasteiger partial charge in [0.05, 0.1) is 19.3 Å². The van der Waals surface area contributed by atoms with Crippen LogP contribution in [0.5, 0.6) is 0 Å². The van der Waals surface area contributed by atoms with E-state index < -0.39 is 0 Å². The van der Waals surface area contributed by atoms with E-state index in [1.54, 1.807) is 0 Å². The summed E-state index contributed by atoms with van der Waals surface area (Å²) >= 11 is 0. The zero-order chi connectivity index (χ0) is 10.7. The SMILES string of the molecule is CNC1CCCCc2c1cnn2CCO. The highest BCUT2D eigenvalue weighted by Gasteiger charge is 2.20. The summed E-state index contributed by atoms with van der Waals surface area (Å²) in [5, 5.41) is 16.6. The number of aromatic nitrogens is 2. The van der Waals surface area contributed by atoms with Gasteiger partial charge in [0.25, 0.3) is 0 Å². The summed E-state index contributed by atoms with van der Waals surface area (Å²) in [7, 11) is 2.00. The molecule has 0 amide bonds. The Kier molecular flexibility index (Phi) is 3.38. The summed E-state index contributed by atoms with van der Waals surface area (Å²) in [5.74, 6) is 0. The van der Waals surface area contributed by atoms with Gasteiger partial charge in [0.15, 0.2) is 0 Å². The van der Waals surface area contributed by atoms with E-state index in [2.05, 4.69) is 10.4 Å². The Labute approximate surface area is 90.3 Å².